The summed E-state index contributed by atoms with van der Waals surface area (Å²) in [4.78, 5) is 10.7. The van der Waals surface area contributed by atoms with E-state index in [0.717, 1.165) is 19.3 Å². The molecule has 0 heterocycles. The number of hydrogen-bond acceptors (Lipinski definition) is 1. The Labute approximate surface area is 80.7 Å². The maximum atomic E-state index is 10.7. The number of allylic oxidation sites excluding steroid dienone is 1. The maximum Gasteiger partial charge on any atom is 0.309 e. The lowest BCUT2D eigenvalue weighted by Gasteiger charge is -2.19. The molecule has 0 aromatic carbocycles. The summed E-state index contributed by atoms with van der Waals surface area (Å²) in [6.07, 6.45) is 4.63. The number of hydrogen-bond donors (Lipinski definition) is 1. The zero-order valence-corrected chi connectivity index (χ0v) is 8.84. The van der Waals surface area contributed by atoms with Gasteiger partial charge < -0.3 is 5.11 Å². The van der Waals surface area contributed by atoms with Gasteiger partial charge in [0.25, 0.3) is 0 Å². The molecule has 0 saturated heterocycles. The molecule has 0 aromatic heterocycles. The van der Waals surface area contributed by atoms with Crippen molar-refractivity contribution in [2.24, 2.45) is 11.3 Å². The van der Waals surface area contributed by atoms with Crippen LogP contribution in [0.5, 0.6) is 0 Å². The van der Waals surface area contributed by atoms with Gasteiger partial charge in [-0.25, -0.2) is 0 Å². The van der Waals surface area contributed by atoms with Gasteiger partial charge in [-0.1, -0.05) is 19.4 Å². The number of carbonyl (C=O) groups is 1. The Morgan fingerprint density at radius 2 is 2.15 bits per heavy atom. The molecule has 1 atom stereocenters. The van der Waals surface area contributed by atoms with Crippen LogP contribution in [0.4, 0.5) is 0 Å². The minimum Gasteiger partial charge on any atom is -0.481 e. The van der Waals surface area contributed by atoms with Gasteiger partial charge in [0, 0.05) is 0 Å². The highest BCUT2D eigenvalue weighted by Crippen LogP contribution is 2.24. The Morgan fingerprint density at radius 3 is 2.54 bits per heavy atom. The largest absolute Gasteiger partial charge is 0.481 e. The first-order valence-electron chi connectivity index (χ1n) is 4.76. The van der Waals surface area contributed by atoms with E-state index in [2.05, 4.69) is 13.5 Å². The van der Waals surface area contributed by atoms with E-state index in [4.69, 9.17) is 5.11 Å². The molecular formula is C11H20O2. The van der Waals surface area contributed by atoms with Crippen LogP contribution in [-0.2, 0) is 4.79 Å². The van der Waals surface area contributed by atoms with E-state index in [0.29, 0.717) is 5.92 Å². The zero-order valence-electron chi connectivity index (χ0n) is 8.84. The molecule has 2 heteroatoms. The summed E-state index contributed by atoms with van der Waals surface area (Å²) in [5.41, 5.74) is -0.582. The molecule has 76 valence electrons. The molecule has 0 spiro atoms. The number of carboxylic acid groups (broad SMARTS) is 1. The molecule has 0 radical (unpaired) electrons. The second-order valence-electron chi connectivity index (χ2n) is 4.29. The maximum absolute atomic E-state index is 10.7. The Bertz CT molecular complexity index is 183. The number of aliphatic carboxylic acids is 1. The first kappa shape index (κ1) is 12.2. The third-order valence-electron chi connectivity index (χ3n) is 2.44. The highest BCUT2D eigenvalue weighted by Gasteiger charge is 2.26. The van der Waals surface area contributed by atoms with Crippen molar-refractivity contribution >= 4 is 5.97 Å². The summed E-state index contributed by atoms with van der Waals surface area (Å²) in [5.74, 6) is -0.219. The molecule has 13 heavy (non-hydrogen) atoms. The highest BCUT2D eigenvalue weighted by molar-refractivity contribution is 5.73. The lowest BCUT2D eigenvalue weighted by Crippen LogP contribution is -2.23. The molecule has 0 saturated carbocycles. The monoisotopic (exact) mass is 184 g/mol. The molecule has 0 bridgehead atoms. The van der Waals surface area contributed by atoms with Crippen LogP contribution in [0, 0.1) is 11.3 Å². The SMILES string of the molecule is C=CC(C)CCCC(C)(C)C(=O)O. The standard InChI is InChI=1S/C11H20O2/c1-5-9(2)7-6-8-11(3,4)10(12)13/h5,9H,1,6-8H2,2-4H3,(H,12,13). The van der Waals surface area contributed by atoms with E-state index in [1.807, 2.05) is 6.08 Å². The van der Waals surface area contributed by atoms with E-state index in [1.165, 1.54) is 0 Å². The Balaban J connectivity index is 3.76. The lowest BCUT2D eigenvalue weighted by atomic mass is 9.86. The van der Waals surface area contributed by atoms with E-state index in [9.17, 15) is 4.79 Å². The van der Waals surface area contributed by atoms with Crippen LogP contribution >= 0.6 is 0 Å². The number of rotatable bonds is 6. The topological polar surface area (TPSA) is 37.3 Å². The van der Waals surface area contributed by atoms with Crippen molar-refractivity contribution in [1.82, 2.24) is 0 Å². The van der Waals surface area contributed by atoms with E-state index >= 15 is 0 Å². The highest BCUT2D eigenvalue weighted by atomic mass is 16.4. The number of carboxylic acids is 1. The van der Waals surface area contributed by atoms with Crippen molar-refractivity contribution in [1.29, 1.82) is 0 Å². The van der Waals surface area contributed by atoms with Crippen molar-refractivity contribution in [2.75, 3.05) is 0 Å². The average Bonchev–Trinajstić information content (AvgIpc) is 2.03. The fourth-order valence-electron chi connectivity index (χ4n) is 1.09. The summed E-state index contributed by atoms with van der Waals surface area (Å²) in [5, 5.41) is 8.84. The summed E-state index contributed by atoms with van der Waals surface area (Å²) in [7, 11) is 0. The molecule has 0 aliphatic rings. The second-order valence-corrected chi connectivity index (χ2v) is 4.29. The van der Waals surface area contributed by atoms with Gasteiger partial charge in [-0.3, -0.25) is 4.79 Å². The summed E-state index contributed by atoms with van der Waals surface area (Å²) in [6, 6.07) is 0. The fraction of sp³-hybridized carbons (Fsp3) is 0.727. The van der Waals surface area contributed by atoms with Gasteiger partial charge in [0.05, 0.1) is 5.41 Å². The van der Waals surface area contributed by atoms with E-state index < -0.39 is 11.4 Å². The van der Waals surface area contributed by atoms with Crippen molar-refractivity contribution < 1.29 is 9.90 Å². The summed E-state index contributed by atoms with van der Waals surface area (Å²) < 4.78 is 0. The molecule has 0 aromatic rings. The van der Waals surface area contributed by atoms with Crippen LogP contribution in [-0.4, -0.2) is 11.1 Å². The second kappa shape index (κ2) is 5.05. The molecular weight excluding hydrogens is 164 g/mol. The van der Waals surface area contributed by atoms with Crippen molar-refractivity contribution in [3.8, 4) is 0 Å². The third-order valence-corrected chi connectivity index (χ3v) is 2.44. The van der Waals surface area contributed by atoms with Crippen molar-refractivity contribution in [3.63, 3.8) is 0 Å². The Kier molecular flexibility index (Phi) is 4.74. The average molecular weight is 184 g/mol. The van der Waals surface area contributed by atoms with Gasteiger partial charge in [0.15, 0.2) is 0 Å². The van der Waals surface area contributed by atoms with E-state index in [-0.39, 0.29) is 0 Å². The van der Waals surface area contributed by atoms with Crippen LogP contribution < -0.4 is 0 Å². The lowest BCUT2D eigenvalue weighted by molar-refractivity contribution is -0.147. The van der Waals surface area contributed by atoms with Crippen molar-refractivity contribution in [3.05, 3.63) is 12.7 Å². The first-order chi connectivity index (χ1) is 5.90. The van der Waals surface area contributed by atoms with Crippen LogP contribution in [0.15, 0.2) is 12.7 Å². The van der Waals surface area contributed by atoms with Gasteiger partial charge >= 0.3 is 5.97 Å². The molecule has 0 fully saturated rings. The molecule has 0 rings (SSSR count). The minimum absolute atomic E-state index is 0.490. The molecule has 1 unspecified atom stereocenters. The zero-order chi connectivity index (χ0) is 10.5. The van der Waals surface area contributed by atoms with Crippen molar-refractivity contribution in [2.45, 2.75) is 40.0 Å². The molecule has 0 aliphatic carbocycles. The molecule has 2 nitrogen and oxygen atoms in total. The Morgan fingerprint density at radius 1 is 1.62 bits per heavy atom. The van der Waals surface area contributed by atoms with Crippen LogP contribution in [0.25, 0.3) is 0 Å². The Hall–Kier alpha value is -0.790. The summed E-state index contributed by atoms with van der Waals surface area (Å²) in [6.45, 7) is 9.34. The normalized spacial score (nSPS) is 13.8. The predicted molar refractivity (Wildman–Crippen MR) is 54.6 cm³/mol. The smallest absolute Gasteiger partial charge is 0.309 e. The molecule has 0 amide bonds. The predicted octanol–water partition coefficient (Wildman–Crippen LogP) is 3.09. The van der Waals surface area contributed by atoms with Crippen LogP contribution in [0.2, 0.25) is 0 Å². The van der Waals surface area contributed by atoms with Gasteiger partial charge in [-0.15, -0.1) is 6.58 Å². The van der Waals surface area contributed by atoms with Gasteiger partial charge in [-0.2, -0.15) is 0 Å². The van der Waals surface area contributed by atoms with Gasteiger partial charge in [0.2, 0.25) is 0 Å². The molecule has 1 N–H and O–H groups in total. The quantitative estimate of drug-likeness (QED) is 0.644. The fourth-order valence-corrected chi connectivity index (χ4v) is 1.09. The van der Waals surface area contributed by atoms with E-state index in [1.54, 1.807) is 13.8 Å². The van der Waals surface area contributed by atoms with Gasteiger partial charge in [0.1, 0.15) is 0 Å². The van der Waals surface area contributed by atoms with Crippen LogP contribution in [0.1, 0.15) is 40.0 Å². The van der Waals surface area contributed by atoms with Gasteiger partial charge in [-0.05, 0) is 32.6 Å². The minimum atomic E-state index is -0.709. The third kappa shape index (κ3) is 4.71. The van der Waals surface area contributed by atoms with Crippen LogP contribution in [0.3, 0.4) is 0 Å². The molecule has 0 aliphatic heterocycles. The first-order valence-corrected chi connectivity index (χ1v) is 4.76. The summed E-state index contributed by atoms with van der Waals surface area (Å²) >= 11 is 0.